The molecule has 0 aliphatic carbocycles. The van der Waals surface area contributed by atoms with Gasteiger partial charge in [-0.15, -0.1) is 0 Å². The van der Waals surface area contributed by atoms with Gasteiger partial charge >= 0.3 is 0 Å². The first-order chi connectivity index (χ1) is 11.6. The van der Waals surface area contributed by atoms with Crippen molar-refractivity contribution in [2.24, 2.45) is 0 Å². The summed E-state index contributed by atoms with van der Waals surface area (Å²) in [5, 5.41) is 0. The third kappa shape index (κ3) is 5.01. The van der Waals surface area contributed by atoms with Gasteiger partial charge in [-0.3, -0.25) is 9.59 Å². The Morgan fingerprint density at radius 3 is 1.79 bits per heavy atom. The summed E-state index contributed by atoms with van der Waals surface area (Å²) in [6, 6.07) is 10.1. The number of carbonyl (C=O) groups excluding carboxylic acids is 2. The number of carbonyl (C=O) groups is 2. The smallest absolute Gasteiger partial charge is 0.161 e. The van der Waals surface area contributed by atoms with Crippen LogP contribution in [0.3, 0.4) is 0 Å². The van der Waals surface area contributed by atoms with Crippen LogP contribution in [0, 0.1) is 0 Å². The largest absolute Gasteiger partial charge is 0.497 e. The number of methoxy groups -OCH3 is 4. The minimum absolute atomic E-state index is 0.497. The zero-order chi connectivity index (χ0) is 17.9. The Kier molecular flexibility index (Phi) is 7.84. The fraction of sp³-hybridized carbons (Fsp3) is 0.222. The number of hydrogen-bond donors (Lipinski definition) is 0. The molecule has 0 saturated heterocycles. The van der Waals surface area contributed by atoms with Gasteiger partial charge in [0.1, 0.15) is 17.8 Å². The Bertz CT molecular complexity index is 681. The molecule has 0 fully saturated rings. The van der Waals surface area contributed by atoms with Gasteiger partial charge in [0.2, 0.25) is 0 Å². The minimum atomic E-state index is 0.497. The molecule has 128 valence electrons. The van der Waals surface area contributed by atoms with Gasteiger partial charge in [0.15, 0.2) is 17.8 Å². The average molecular weight is 332 g/mol. The second-order valence-electron chi connectivity index (χ2n) is 4.46. The van der Waals surface area contributed by atoms with Crippen LogP contribution >= 0.6 is 0 Å². The number of benzene rings is 2. The summed E-state index contributed by atoms with van der Waals surface area (Å²) < 4.78 is 19.9. The maximum absolute atomic E-state index is 10.5. The Morgan fingerprint density at radius 2 is 1.29 bits per heavy atom. The summed E-state index contributed by atoms with van der Waals surface area (Å²) in [5.41, 5.74) is 1.07. The lowest BCUT2D eigenvalue weighted by Crippen LogP contribution is -1.91. The van der Waals surface area contributed by atoms with Crippen molar-refractivity contribution in [3.63, 3.8) is 0 Å². The van der Waals surface area contributed by atoms with Crippen molar-refractivity contribution in [1.29, 1.82) is 0 Å². The topological polar surface area (TPSA) is 71.1 Å². The highest BCUT2D eigenvalue weighted by Gasteiger charge is 2.03. The van der Waals surface area contributed by atoms with Crippen LogP contribution < -0.4 is 18.9 Å². The molecule has 0 saturated carbocycles. The summed E-state index contributed by atoms with van der Waals surface area (Å²) >= 11 is 0. The number of hydrogen-bond acceptors (Lipinski definition) is 6. The lowest BCUT2D eigenvalue weighted by molar-refractivity contribution is 0.111. The van der Waals surface area contributed by atoms with Gasteiger partial charge in [-0.05, 0) is 36.4 Å². The molecule has 2 rings (SSSR count). The quantitative estimate of drug-likeness (QED) is 0.757. The Hall–Kier alpha value is -3.02. The van der Waals surface area contributed by atoms with Crippen LogP contribution in [0.25, 0.3) is 0 Å². The summed E-state index contributed by atoms with van der Waals surface area (Å²) in [6.45, 7) is 0. The van der Waals surface area contributed by atoms with Gasteiger partial charge < -0.3 is 18.9 Å². The van der Waals surface area contributed by atoms with Crippen molar-refractivity contribution in [2.45, 2.75) is 0 Å². The Labute approximate surface area is 140 Å². The molecule has 2 aromatic carbocycles. The van der Waals surface area contributed by atoms with Gasteiger partial charge in [0.05, 0.1) is 34.0 Å². The fourth-order valence-corrected chi connectivity index (χ4v) is 1.86. The van der Waals surface area contributed by atoms with Crippen LogP contribution in [0.1, 0.15) is 20.7 Å². The van der Waals surface area contributed by atoms with E-state index in [4.69, 9.17) is 18.9 Å². The van der Waals surface area contributed by atoms with Crippen molar-refractivity contribution in [1.82, 2.24) is 0 Å². The SMILES string of the molecule is COc1ccc(C=O)cc1OC.COc1ccc(OC)c(C=O)c1. The van der Waals surface area contributed by atoms with E-state index in [9.17, 15) is 9.59 Å². The van der Waals surface area contributed by atoms with Gasteiger partial charge in [-0.1, -0.05) is 0 Å². The molecule has 0 heterocycles. The standard InChI is InChI=1S/2C9H10O3/c1-11-8-3-4-9(12-2)7(5-8)6-10;1-11-8-4-3-7(6-10)5-9(8)12-2/h2*3-6H,1-2H3. The van der Waals surface area contributed by atoms with E-state index in [0.717, 1.165) is 12.6 Å². The number of ether oxygens (including phenoxy) is 4. The van der Waals surface area contributed by atoms with Gasteiger partial charge in [0, 0.05) is 5.56 Å². The molecule has 0 aliphatic rings. The minimum Gasteiger partial charge on any atom is -0.497 e. The van der Waals surface area contributed by atoms with E-state index in [1.807, 2.05) is 0 Å². The molecule has 0 aromatic heterocycles. The molecule has 6 heteroatoms. The first-order valence-electron chi connectivity index (χ1n) is 6.97. The normalized spacial score (nSPS) is 9.17. The summed E-state index contributed by atoms with van der Waals surface area (Å²) in [5.74, 6) is 2.41. The lowest BCUT2D eigenvalue weighted by Gasteiger charge is -2.06. The van der Waals surface area contributed by atoms with Gasteiger partial charge in [-0.25, -0.2) is 0 Å². The van der Waals surface area contributed by atoms with Crippen LogP contribution in [0.5, 0.6) is 23.0 Å². The van der Waals surface area contributed by atoms with Crippen LogP contribution in [-0.2, 0) is 0 Å². The summed E-state index contributed by atoms with van der Waals surface area (Å²) in [6.07, 6.45) is 1.50. The predicted molar refractivity (Wildman–Crippen MR) is 89.9 cm³/mol. The van der Waals surface area contributed by atoms with E-state index >= 15 is 0 Å². The lowest BCUT2D eigenvalue weighted by atomic mass is 10.2. The molecule has 2 aromatic rings. The maximum Gasteiger partial charge on any atom is 0.161 e. The van der Waals surface area contributed by atoms with Crippen molar-refractivity contribution in [3.05, 3.63) is 47.5 Å². The first-order valence-corrected chi connectivity index (χ1v) is 6.97. The van der Waals surface area contributed by atoms with Crippen LogP contribution in [0.2, 0.25) is 0 Å². The van der Waals surface area contributed by atoms with Crippen molar-refractivity contribution < 1.29 is 28.5 Å². The first kappa shape index (κ1) is 19.0. The molecule has 24 heavy (non-hydrogen) atoms. The molecule has 0 amide bonds. The van der Waals surface area contributed by atoms with E-state index in [0.29, 0.717) is 34.1 Å². The number of aldehydes is 2. The van der Waals surface area contributed by atoms with E-state index in [1.165, 1.54) is 14.2 Å². The fourth-order valence-electron chi connectivity index (χ4n) is 1.86. The highest BCUT2D eigenvalue weighted by molar-refractivity contribution is 5.80. The second kappa shape index (κ2) is 9.89. The van der Waals surface area contributed by atoms with Gasteiger partial charge in [0.25, 0.3) is 0 Å². The highest BCUT2D eigenvalue weighted by Crippen LogP contribution is 2.26. The van der Waals surface area contributed by atoms with E-state index in [2.05, 4.69) is 0 Å². The van der Waals surface area contributed by atoms with Gasteiger partial charge in [-0.2, -0.15) is 0 Å². The van der Waals surface area contributed by atoms with E-state index < -0.39 is 0 Å². The third-order valence-electron chi connectivity index (χ3n) is 3.11. The third-order valence-corrected chi connectivity index (χ3v) is 3.11. The van der Waals surface area contributed by atoms with E-state index in [1.54, 1.807) is 50.6 Å². The molecule has 0 spiro atoms. The predicted octanol–water partition coefficient (Wildman–Crippen LogP) is 3.03. The molecule has 0 aliphatic heterocycles. The monoisotopic (exact) mass is 332 g/mol. The zero-order valence-electron chi connectivity index (χ0n) is 14.1. The molecule has 0 bridgehead atoms. The van der Waals surface area contributed by atoms with Crippen molar-refractivity contribution in [2.75, 3.05) is 28.4 Å². The van der Waals surface area contributed by atoms with Crippen LogP contribution in [0.15, 0.2) is 36.4 Å². The van der Waals surface area contributed by atoms with Crippen molar-refractivity contribution in [3.8, 4) is 23.0 Å². The molecule has 0 radical (unpaired) electrons. The summed E-state index contributed by atoms with van der Waals surface area (Å²) in [7, 11) is 6.16. The zero-order valence-corrected chi connectivity index (χ0v) is 14.1. The highest BCUT2D eigenvalue weighted by atomic mass is 16.5. The molecule has 0 atom stereocenters. The van der Waals surface area contributed by atoms with Crippen LogP contribution in [-0.4, -0.2) is 41.0 Å². The van der Waals surface area contributed by atoms with Crippen LogP contribution in [0.4, 0.5) is 0 Å². The molecule has 0 unspecified atom stereocenters. The molecule has 6 nitrogen and oxygen atoms in total. The molecular weight excluding hydrogens is 312 g/mol. The molecule has 0 N–H and O–H groups in total. The second-order valence-corrected chi connectivity index (χ2v) is 4.46. The number of rotatable bonds is 6. The maximum atomic E-state index is 10.5. The summed E-state index contributed by atoms with van der Waals surface area (Å²) in [4.78, 5) is 20.9. The molecular formula is C18H20O6. The average Bonchev–Trinajstić information content (AvgIpc) is 2.67. The Morgan fingerprint density at radius 1 is 0.667 bits per heavy atom. The van der Waals surface area contributed by atoms with E-state index in [-0.39, 0.29) is 0 Å². The van der Waals surface area contributed by atoms with Crippen molar-refractivity contribution >= 4 is 12.6 Å². The Balaban J connectivity index is 0.000000240.